The van der Waals surface area contributed by atoms with E-state index in [1.165, 1.54) is 0 Å². The summed E-state index contributed by atoms with van der Waals surface area (Å²) in [5.41, 5.74) is 0. The minimum Gasteiger partial charge on any atom is -0.394 e. The van der Waals surface area contributed by atoms with Gasteiger partial charge in [0.25, 0.3) is 0 Å². The van der Waals surface area contributed by atoms with Gasteiger partial charge in [-0.15, -0.1) is 0 Å². The minimum atomic E-state index is -0.405. The van der Waals surface area contributed by atoms with Gasteiger partial charge in [0, 0.05) is 0 Å². The lowest BCUT2D eigenvalue weighted by molar-refractivity contribution is -0.0152. The Morgan fingerprint density at radius 3 is 2.23 bits per heavy atom. The lowest BCUT2D eigenvalue weighted by Crippen LogP contribution is -2.22. The zero-order chi connectivity index (χ0) is 10.1. The summed E-state index contributed by atoms with van der Waals surface area (Å²) < 4.78 is 10.1. The molecule has 0 fully saturated rings. The summed E-state index contributed by atoms with van der Waals surface area (Å²) in [6.07, 6.45) is -0.405. The molecule has 4 heteroatoms. The van der Waals surface area contributed by atoms with Gasteiger partial charge in [-0.2, -0.15) is 0 Å². The first-order chi connectivity index (χ1) is 6.18. The van der Waals surface area contributed by atoms with Crippen LogP contribution in [0.1, 0.15) is 13.8 Å². The number of aliphatic hydroxyl groups is 2. The van der Waals surface area contributed by atoms with Crippen molar-refractivity contribution in [2.24, 2.45) is 5.92 Å². The van der Waals surface area contributed by atoms with E-state index in [0.29, 0.717) is 26.4 Å². The standard InChI is InChI=1S/C9H20O4/c1-8(2)9(11)7-13-6-5-12-4-3-10/h8-11H,3-7H2,1-2H3. The molecular weight excluding hydrogens is 172 g/mol. The maximum atomic E-state index is 9.32. The van der Waals surface area contributed by atoms with E-state index in [1.807, 2.05) is 13.8 Å². The molecule has 2 N–H and O–H groups in total. The van der Waals surface area contributed by atoms with Crippen LogP contribution in [0.5, 0.6) is 0 Å². The Balaban J connectivity index is 3.07. The van der Waals surface area contributed by atoms with Crippen LogP contribution in [0.25, 0.3) is 0 Å². The van der Waals surface area contributed by atoms with Gasteiger partial charge in [-0.05, 0) is 5.92 Å². The molecule has 0 heterocycles. The topological polar surface area (TPSA) is 58.9 Å². The number of aliphatic hydroxyl groups excluding tert-OH is 2. The van der Waals surface area contributed by atoms with Crippen molar-refractivity contribution < 1.29 is 19.7 Å². The lowest BCUT2D eigenvalue weighted by atomic mass is 10.1. The second-order valence-corrected chi connectivity index (χ2v) is 3.22. The molecule has 0 aliphatic carbocycles. The Labute approximate surface area is 79.5 Å². The molecule has 80 valence electrons. The Bertz CT molecular complexity index is 106. The van der Waals surface area contributed by atoms with Crippen LogP contribution >= 0.6 is 0 Å². The van der Waals surface area contributed by atoms with Gasteiger partial charge in [-0.3, -0.25) is 0 Å². The van der Waals surface area contributed by atoms with E-state index in [1.54, 1.807) is 0 Å². The van der Waals surface area contributed by atoms with Crippen LogP contribution in [0.3, 0.4) is 0 Å². The molecule has 0 saturated heterocycles. The molecule has 0 rings (SSSR count). The largest absolute Gasteiger partial charge is 0.394 e. The van der Waals surface area contributed by atoms with Gasteiger partial charge < -0.3 is 19.7 Å². The fraction of sp³-hybridized carbons (Fsp3) is 1.00. The number of hydrogen-bond donors (Lipinski definition) is 2. The van der Waals surface area contributed by atoms with Crippen LogP contribution in [-0.2, 0) is 9.47 Å². The van der Waals surface area contributed by atoms with Crippen LogP contribution in [0.4, 0.5) is 0 Å². The quantitative estimate of drug-likeness (QED) is 0.533. The van der Waals surface area contributed by atoms with Crippen LogP contribution in [0.15, 0.2) is 0 Å². The predicted octanol–water partition coefficient (Wildman–Crippen LogP) is 0.0288. The molecule has 0 spiro atoms. The molecule has 0 aliphatic rings. The van der Waals surface area contributed by atoms with Gasteiger partial charge >= 0.3 is 0 Å². The molecule has 1 unspecified atom stereocenters. The maximum Gasteiger partial charge on any atom is 0.0796 e. The first-order valence-corrected chi connectivity index (χ1v) is 4.63. The van der Waals surface area contributed by atoms with Crippen molar-refractivity contribution >= 4 is 0 Å². The third-order valence-corrected chi connectivity index (χ3v) is 1.67. The zero-order valence-corrected chi connectivity index (χ0v) is 8.40. The molecule has 0 aromatic heterocycles. The van der Waals surface area contributed by atoms with Crippen molar-refractivity contribution in [3.8, 4) is 0 Å². The second kappa shape index (κ2) is 8.44. The molecular formula is C9H20O4. The molecule has 0 bridgehead atoms. The monoisotopic (exact) mass is 192 g/mol. The van der Waals surface area contributed by atoms with Crippen molar-refractivity contribution in [1.29, 1.82) is 0 Å². The average Bonchev–Trinajstić information content (AvgIpc) is 2.10. The third kappa shape index (κ3) is 8.18. The Hall–Kier alpha value is -0.160. The summed E-state index contributed by atoms with van der Waals surface area (Å²) in [5, 5.41) is 17.7. The van der Waals surface area contributed by atoms with Crippen molar-refractivity contribution in [2.45, 2.75) is 20.0 Å². The Kier molecular flexibility index (Phi) is 8.33. The molecule has 0 amide bonds. The predicted molar refractivity (Wildman–Crippen MR) is 49.6 cm³/mol. The minimum absolute atomic E-state index is 0.0363. The molecule has 0 aliphatic heterocycles. The first kappa shape index (κ1) is 12.8. The molecule has 1 atom stereocenters. The van der Waals surface area contributed by atoms with Crippen LogP contribution in [-0.4, -0.2) is 49.4 Å². The Morgan fingerprint density at radius 2 is 1.69 bits per heavy atom. The second-order valence-electron chi connectivity index (χ2n) is 3.22. The molecule has 0 saturated carbocycles. The lowest BCUT2D eigenvalue weighted by Gasteiger charge is -2.14. The fourth-order valence-corrected chi connectivity index (χ4v) is 0.681. The van der Waals surface area contributed by atoms with Crippen molar-refractivity contribution in [2.75, 3.05) is 33.0 Å². The fourth-order valence-electron chi connectivity index (χ4n) is 0.681. The highest BCUT2D eigenvalue weighted by molar-refractivity contribution is 4.57. The maximum absolute atomic E-state index is 9.32. The summed E-state index contributed by atoms with van der Waals surface area (Å²) in [6, 6.07) is 0. The van der Waals surface area contributed by atoms with E-state index < -0.39 is 6.10 Å². The van der Waals surface area contributed by atoms with Gasteiger partial charge in [-0.1, -0.05) is 13.8 Å². The highest BCUT2D eigenvalue weighted by Crippen LogP contribution is 2.00. The normalized spacial score (nSPS) is 13.6. The van der Waals surface area contributed by atoms with Gasteiger partial charge in [0.15, 0.2) is 0 Å². The molecule has 0 aromatic rings. The molecule has 13 heavy (non-hydrogen) atoms. The van der Waals surface area contributed by atoms with Crippen molar-refractivity contribution in [3.05, 3.63) is 0 Å². The average molecular weight is 192 g/mol. The van der Waals surface area contributed by atoms with E-state index in [9.17, 15) is 5.11 Å². The molecule has 4 nitrogen and oxygen atoms in total. The molecule has 0 radical (unpaired) electrons. The van der Waals surface area contributed by atoms with Gasteiger partial charge in [0.05, 0.1) is 39.1 Å². The van der Waals surface area contributed by atoms with Crippen LogP contribution in [0.2, 0.25) is 0 Å². The molecule has 0 aromatic carbocycles. The number of rotatable bonds is 8. The smallest absolute Gasteiger partial charge is 0.0796 e. The van der Waals surface area contributed by atoms with E-state index >= 15 is 0 Å². The third-order valence-electron chi connectivity index (χ3n) is 1.67. The zero-order valence-electron chi connectivity index (χ0n) is 8.40. The SMILES string of the molecule is CC(C)C(O)COCCOCCO. The summed E-state index contributed by atoms with van der Waals surface area (Å²) in [7, 11) is 0. The van der Waals surface area contributed by atoms with E-state index in [4.69, 9.17) is 14.6 Å². The van der Waals surface area contributed by atoms with Gasteiger partial charge in [0.2, 0.25) is 0 Å². The highest BCUT2D eigenvalue weighted by Gasteiger charge is 2.08. The van der Waals surface area contributed by atoms with Gasteiger partial charge in [0.1, 0.15) is 0 Å². The van der Waals surface area contributed by atoms with Crippen LogP contribution < -0.4 is 0 Å². The number of hydrogen-bond acceptors (Lipinski definition) is 4. The summed E-state index contributed by atoms with van der Waals surface area (Å²) in [5.74, 6) is 0.221. The highest BCUT2D eigenvalue weighted by atomic mass is 16.5. The summed E-state index contributed by atoms with van der Waals surface area (Å²) in [6.45, 7) is 5.53. The summed E-state index contributed by atoms with van der Waals surface area (Å²) in [4.78, 5) is 0. The van der Waals surface area contributed by atoms with E-state index in [0.717, 1.165) is 0 Å². The van der Waals surface area contributed by atoms with E-state index in [2.05, 4.69) is 0 Å². The van der Waals surface area contributed by atoms with E-state index in [-0.39, 0.29) is 12.5 Å². The Morgan fingerprint density at radius 1 is 1.08 bits per heavy atom. The van der Waals surface area contributed by atoms with Crippen molar-refractivity contribution in [3.63, 3.8) is 0 Å². The number of ether oxygens (including phenoxy) is 2. The van der Waals surface area contributed by atoms with Gasteiger partial charge in [-0.25, -0.2) is 0 Å². The van der Waals surface area contributed by atoms with Crippen molar-refractivity contribution in [1.82, 2.24) is 0 Å². The first-order valence-electron chi connectivity index (χ1n) is 4.63. The van der Waals surface area contributed by atoms with Crippen LogP contribution in [0, 0.1) is 5.92 Å². The summed E-state index contributed by atoms with van der Waals surface area (Å²) >= 11 is 0.